The molecule has 3 aromatic rings. The monoisotopic (exact) mass is 379 g/mol. The normalized spacial score (nSPS) is 10.2. The third kappa shape index (κ3) is 3.70. The summed E-state index contributed by atoms with van der Waals surface area (Å²) in [6.45, 7) is 7.21. The first kappa shape index (κ1) is 18.3. The van der Waals surface area contributed by atoms with Crippen molar-refractivity contribution in [3.63, 3.8) is 0 Å². The van der Waals surface area contributed by atoms with E-state index in [2.05, 4.69) is 19.9 Å². The highest BCUT2D eigenvalue weighted by molar-refractivity contribution is 5.94. The Morgan fingerprint density at radius 1 is 1.29 bits per heavy atom. The van der Waals surface area contributed by atoms with Crippen molar-refractivity contribution >= 4 is 34.9 Å². The van der Waals surface area contributed by atoms with Crippen LogP contribution in [0.1, 0.15) is 16.1 Å². The van der Waals surface area contributed by atoms with Crippen molar-refractivity contribution in [1.29, 1.82) is 0 Å². The fourth-order valence-electron chi connectivity index (χ4n) is 2.44. The number of carboxylic acid groups (broad SMARTS) is 1. The Hall–Kier alpha value is -4.46. The number of nitrogens with zero attached hydrogens (tertiary/aromatic N) is 5. The number of carbonyl (C=O) groups is 2. The lowest BCUT2D eigenvalue weighted by atomic mass is 10.1. The minimum absolute atomic E-state index is 0.0762. The predicted molar refractivity (Wildman–Crippen MR) is 97.5 cm³/mol. The van der Waals surface area contributed by atoms with Crippen LogP contribution in [0.4, 0.5) is 11.4 Å². The number of ether oxygens (including phenoxy) is 1. The molecule has 0 atom stereocenters. The number of nitrogens with two attached hydrogens (primary N) is 2. The maximum Gasteiger partial charge on any atom is 0.342 e. The Labute approximate surface area is 157 Å². The Balaban J connectivity index is 1.92. The van der Waals surface area contributed by atoms with Gasteiger partial charge in [0.1, 0.15) is 6.33 Å². The van der Waals surface area contributed by atoms with Gasteiger partial charge in [-0.05, 0) is 30.3 Å². The molecule has 28 heavy (non-hydrogen) atoms. The zero-order valence-corrected chi connectivity index (χ0v) is 14.2. The molecule has 0 fully saturated rings. The lowest BCUT2D eigenvalue weighted by Crippen LogP contribution is -2.21. The van der Waals surface area contributed by atoms with Crippen LogP contribution in [0.15, 0.2) is 41.7 Å². The summed E-state index contributed by atoms with van der Waals surface area (Å²) in [6.07, 6.45) is 0.952. The number of carbonyl (C=O) groups excluding carboxylic acids is 1. The van der Waals surface area contributed by atoms with Crippen molar-refractivity contribution in [2.45, 2.75) is 6.42 Å². The smallest absolute Gasteiger partial charge is 0.342 e. The molecule has 1 aromatic carbocycles. The summed E-state index contributed by atoms with van der Waals surface area (Å²) in [5.74, 6) is -1.89. The van der Waals surface area contributed by atoms with Crippen LogP contribution < -0.4 is 16.2 Å². The van der Waals surface area contributed by atoms with Gasteiger partial charge < -0.3 is 21.3 Å². The summed E-state index contributed by atoms with van der Waals surface area (Å²) in [6, 6.07) is 7.05. The number of aliphatic imine (C=N–C) groups is 1. The zero-order valence-electron chi connectivity index (χ0n) is 14.2. The van der Waals surface area contributed by atoms with Crippen LogP contribution in [0.5, 0.6) is 5.75 Å². The number of guanidine groups is 1. The maximum atomic E-state index is 12.5. The molecule has 11 nitrogen and oxygen atoms in total. The van der Waals surface area contributed by atoms with Crippen LogP contribution in [0, 0.1) is 6.57 Å². The zero-order chi connectivity index (χ0) is 20.3. The quantitative estimate of drug-likeness (QED) is 0.256. The number of hydrogen-bond donors (Lipinski definition) is 3. The van der Waals surface area contributed by atoms with Gasteiger partial charge in [0.2, 0.25) is 5.69 Å². The lowest BCUT2D eigenvalue weighted by molar-refractivity contribution is -0.136. The molecule has 140 valence electrons. The molecule has 0 amide bonds. The molecule has 5 N–H and O–H groups in total. The standard InChI is InChI=1S/C17H13N7O4/c1-20-12-6-9(2-4-11(12)23-17(18)19)16(27)28-13-5-3-10(7-14(25)26)24-15(13)21-8-22-24/h2-6,8H,7H2,(H,25,26)(H4,18,19,23). The van der Waals surface area contributed by atoms with E-state index in [0.29, 0.717) is 5.69 Å². The van der Waals surface area contributed by atoms with Gasteiger partial charge in [-0.1, -0.05) is 0 Å². The topological polar surface area (TPSA) is 163 Å². The molecular formula is C17H13N7O4. The lowest BCUT2D eigenvalue weighted by Gasteiger charge is -2.08. The van der Waals surface area contributed by atoms with Crippen LogP contribution in [0.2, 0.25) is 0 Å². The third-order valence-corrected chi connectivity index (χ3v) is 3.58. The molecule has 0 unspecified atom stereocenters. The van der Waals surface area contributed by atoms with Gasteiger partial charge in [-0.3, -0.25) is 4.79 Å². The highest BCUT2D eigenvalue weighted by Crippen LogP contribution is 2.30. The molecule has 0 aliphatic carbocycles. The average Bonchev–Trinajstić information content (AvgIpc) is 3.13. The van der Waals surface area contributed by atoms with E-state index in [4.69, 9.17) is 27.9 Å². The van der Waals surface area contributed by atoms with Crippen molar-refractivity contribution in [1.82, 2.24) is 14.6 Å². The number of benzene rings is 1. The first-order chi connectivity index (χ1) is 13.4. The number of hydrogen-bond acceptors (Lipinski definition) is 6. The molecule has 0 saturated carbocycles. The molecule has 0 radical (unpaired) electrons. The van der Waals surface area contributed by atoms with E-state index in [0.717, 1.165) is 0 Å². The van der Waals surface area contributed by atoms with E-state index in [1.807, 2.05) is 0 Å². The summed E-state index contributed by atoms with van der Waals surface area (Å²) in [5, 5.41) is 12.9. The van der Waals surface area contributed by atoms with Crippen molar-refractivity contribution in [2.24, 2.45) is 16.5 Å². The molecular weight excluding hydrogens is 366 g/mol. The molecule has 0 saturated heterocycles. The minimum Gasteiger partial charge on any atom is -0.481 e. The van der Waals surface area contributed by atoms with Crippen molar-refractivity contribution in [2.75, 3.05) is 0 Å². The Kier molecular flexibility index (Phi) is 4.86. The van der Waals surface area contributed by atoms with Gasteiger partial charge in [0.15, 0.2) is 17.4 Å². The number of fused-ring (bicyclic) bond motifs is 1. The molecule has 0 spiro atoms. The van der Waals surface area contributed by atoms with Crippen LogP contribution in [0.3, 0.4) is 0 Å². The minimum atomic E-state index is -1.03. The van der Waals surface area contributed by atoms with E-state index in [1.165, 1.54) is 41.2 Å². The van der Waals surface area contributed by atoms with E-state index < -0.39 is 11.9 Å². The second kappa shape index (κ2) is 7.42. The fraction of sp³-hybridized carbons (Fsp3) is 0.0588. The highest BCUT2D eigenvalue weighted by atomic mass is 16.5. The molecule has 2 heterocycles. The third-order valence-electron chi connectivity index (χ3n) is 3.58. The van der Waals surface area contributed by atoms with Gasteiger partial charge in [0.05, 0.1) is 24.4 Å². The summed E-state index contributed by atoms with van der Waals surface area (Å²) in [7, 11) is 0. The summed E-state index contributed by atoms with van der Waals surface area (Å²) in [5.41, 5.74) is 11.6. The number of aromatic nitrogens is 3. The van der Waals surface area contributed by atoms with E-state index in [1.54, 1.807) is 0 Å². The number of aliphatic carboxylic acids is 1. The first-order valence-corrected chi connectivity index (χ1v) is 7.75. The van der Waals surface area contributed by atoms with E-state index in [9.17, 15) is 9.59 Å². The summed E-state index contributed by atoms with van der Waals surface area (Å²) in [4.78, 5) is 34.5. The van der Waals surface area contributed by atoms with Crippen LogP contribution >= 0.6 is 0 Å². The van der Waals surface area contributed by atoms with Gasteiger partial charge in [0, 0.05) is 5.56 Å². The predicted octanol–water partition coefficient (Wildman–Crippen LogP) is 1.03. The van der Waals surface area contributed by atoms with Crippen molar-refractivity contribution < 1.29 is 19.4 Å². The largest absolute Gasteiger partial charge is 0.481 e. The first-order valence-electron chi connectivity index (χ1n) is 7.75. The Morgan fingerprint density at radius 3 is 2.75 bits per heavy atom. The second-order valence-electron chi connectivity index (χ2n) is 5.50. The molecule has 11 heteroatoms. The molecule has 0 aliphatic heterocycles. The van der Waals surface area contributed by atoms with Crippen LogP contribution in [0.25, 0.3) is 10.5 Å². The number of carboxylic acids is 1. The van der Waals surface area contributed by atoms with Gasteiger partial charge in [0.25, 0.3) is 0 Å². The molecule has 3 rings (SSSR count). The number of rotatable bonds is 5. The van der Waals surface area contributed by atoms with Gasteiger partial charge in [-0.2, -0.15) is 5.10 Å². The maximum absolute atomic E-state index is 12.5. The van der Waals surface area contributed by atoms with Crippen molar-refractivity contribution in [3.05, 3.63) is 59.3 Å². The highest BCUT2D eigenvalue weighted by Gasteiger charge is 2.17. The van der Waals surface area contributed by atoms with Gasteiger partial charge >= 0.3 is 11.9 Å². The summed E-state index contributed by atoms with van der Waals surface area (Å²) < 4.78 is 6.64. The number of pyridine rings is 1. The molecule has 0 bridgehead atoms. The van der Waals surface area contributed by atoms with Crippen molar-refractivity contribution in [3.8, 4) is 5.75 Å². The Bertz CT molecular complexity index is 1160. The van der Waals surface area contributed by atoms with E-state index >= 15 is 0 Å². The Morgan fingerprint density at radius 2 is 2.07 bits per heavy atom. The van der Waals surface area contributed by atoms with E-state index in [-0.39, 0.29) is 40.7 Å². The average molecular weight is 379 g/mol. The fourth-order valence-corrected chi connectivity index (χ4v) is 2.44. The summed E-state index contributed by atoms with van der Waals surface area (Å²) >= 11 is 0. The van der Waals surface area contributed by atoms with Gasteiger partial charge in [-0.15, -0.1) is 0 Å². The number of esters is 1. The molecule has 2 aromatic heterocycles. The van der Waals surface area contributed by atoms with Gasteiger partial charge in [-0.25, -0.2) is 24.1 Å². The van der Waals surface area contributed by atoms with Crippen LogP contribution in [-0.2, 0) is 11.2 Å². The molecule has 0 aliphatic rings. The second-order valence-corrected chi connectivity index (χ2v) is 5.50. The van der Waals surface area contributed by atoms with Crippen LogP contribution in [-0.4, -0.2) is 37.6 Å². The SMILES string of the molecule is [C-]#[N+]c1cc(C(=O)Oc2ccc(CC(=O)O)n3ncnc23)ccc1N=C(N)N.